The Morgan fingerprint density at radius 1 is 1.26 bits per heavy atom. The molecule has 0 heterocycles. The molecular weight excluding hydrogens is 270 g/mol. The second-order valence-corrected chi connectivity index (χ2v) is 4.25. The molecule has 98 valence electrons. The van der Waals surface area contributed by atoms with Crippen LogP contribution in [0.15, 0.2) is 36.4 Å². The van der Waals surface area contributed by atoms with Gasteiger partial charge in [-0.2, -0.15) is 0 Å². The summed E-state index contributed by atoms with van der Waals surface area (Å²) in [5, 5.41) is 20.6. The fraction of sp³-hybridized carbons (Fsp3) is 0.0769. The zero-order valence-corrected chi connectivity index (χ0v) is 10.7. The van der Waals surface area contributed by atoms with Crippen molar-refractivity contribution in [3.05, 3.63) is 57.1 Å². The molecule has 6 heteroatoms. The highest BCUT2D eigenvalue weighted by molar-refractivity contribution is 6.32. The van der Waals surface area contributed by atoms with E-state index in [2.05, 4.69) is 0 Å². The minimum absolute atomic E-state index is 0.0390. The molecule has 0 radical (unpaired) electrons. The lowest BCUT2D eigenvalue weighted by Gasteiger charge is -2.10. The molecule has 0 aliphatic carbocycles. The van der Waals surface area contributed by atoms with Crippen LogP contribution in [0.3, 0.4) is 0 Å². The van der Waals surface area contributed by atoms with Gasteiger partial charge in [0, 0.05) is 11.6 Å². The van der Waals surface area contributed by atoms with Crippen LogP contribution in [0.5, 0.6) is 17.2 Å². The van der Waals surface area contributed by atoms with Gasteiger partial charge in [-0.25, -0.2) is 0 Å². The van der Waals surface area contributed by atoms with E-state index >= 15 is 0 Å². The van der Waals surface area contributed by atoms with Crippen molar-refractivity contribution >= 4 is 17.3 Å². The van der Waals surface area contributed by atoms with Crippen molar-refractivity contribution < 1.29 is 14.8 Å². The van der Waals surface area contributed by atoms with Crippen molar-refractivity contribution in [3.8, 4) is 17.2 Å². The second-order valence-electron chi connectivity index (χ2n) is 3.85. The first kappa shape index (κ1) is 13.2. The van der Waals surface area contributed by atoms with E-state index in [1.165, 1.54) is 24.3 Å². The number of benzene rings is 2. The van der Waals surface area contributed by atoms with E-state index in [4.69, 9.17) is 16.3 Å². The van der Waals surface area contributed by atoms with Gasteiger partial charge in [0.15, 0.2) is 0 Å². The van der Waals surface area contributed by atoms with Crippen molar-refractivity contribution in [2.24, 2.45) is 0 Å². The molecule has 0 amide bonds. The lowest BCUT2D eigenvalue weighted by Crippen LogP contribution is -1.95. The van der Waals surface area contributed by atoms with Crippen molar-refractivity contribution in [3.63, 3.8) is 0 Å². The topological polar surface area (TPSA) is 72.6 Å². The molecule has 5 nitrogen and oxygen atoms in total. The van der Waals surface area contributed by atoms with E-state index in [9.17, 15) is 15.2 Å². The first-order valence-corrected chi connectivity index (χ1v) is 5.78. The molecule has 0 fully saturated rings. The van der Waals surface area contributed by atoms with Crippen LogP contribution in [0.1, 0.15) is 5.56 Å². The Balaban J connectivity index is 2.49. The Morgan fingerprint density at radius 2 is 1.95 bits per heavy atom. The number of hydrogen-bond donors (Lipinski definition) is 1. The number of rotatable bonds is 3. The number of nitro benzene ring substituents is 1. The number of aromatic hydroxyl groups is 1. The molecule has 0 saturated heterocycles. The summed E-state index contributed by atoms with van der Waals surface area (Å²) in [7, 11) is 0. The quantitative estimate of drug-likeness (QED) is 0.679. The predicted octanol–water partition coefficient (Wildman–Crippen LogP) is 4.05. The fourth-order valence-corrected chi connectivity index (χ4v) is 1.77. The highest BCUT2D eigenvalue weighted by atomic mass is 35.5. The standard InChI is InChI=1S/C13H10ClNO4/c1-8-11(16)6-3-7-12(8)19-13-9(14)4-2-5-10(13)15(17)18/h2-7,16H,1H3. The molecule has 0 aromatic heterocycles. The summed E-state index contributed by atoms with van der Waals surface area (Å²) < 4.78 is 5.48. The Kier molecular flexibility index (Phi) is 3.57. The number of ether oxygens (including phenoxy) is 1. The number of nitrogens with zero attached hydrogens (tertiary/aromatic N) is 1. The van der Waals surface area contributed by atoms with Gasteiger partial charge in [-0.05, 0) is 25.1 Å². The largest absolute Gasteiger partial charge is 0.508 e. The third-order valence-electron chi connectivity index (χ3n) is 2.61. The first-order chi connectivity index (χ1) is 9.00. The molecule has 0 saturated carbocycles. The molecule has 2 aromatic rings. The van der Waals surface area contributed by atoms with Gasteiger partial charge in [0.25, 0.3) is 0 Å². The summed E-state index contributed by atoms with van der Waals surface area (Å²) in [6, 6.07) is 8.97. The van der Waals surface area contributed by atoms with Crippen LogP contribution in [0, 0.1) is 17.0 Å². The van der Waals surface area contributed by atoms with Gasteiger partial charge in [-0.3, -0.25) is 10.1 Å². The third kappa shape index (κ3) is 2.61. The summed E-state index contributed by atoms with van der Waals surface area (Å²) in [6.45, 7) is 1.65. The van der Waals surface area contributed by atoms with E-state index in [1.54, 1.807) is 19.1 Å². The van der Waals surface area contributed by atoms with Gasteiger partial charge in [-0.1, -0.05) is 23.7 Å². The molecule has 2 aromatic carbocycles. The van der Waals surface area contributed by atoms with E-state index < -0.39 is 4.92 Å². The molecule has 0 atom stereocenters. The Hall–Kier alpha value is -2.27. The van der Waals surface area contributed by atoms with Gasteiger partial charge in [0.1, 0.15) is 11.5 Å². The smallest absolute Gasteiger partial charge is 0.313 e. The van der Waals surface area contributed by atoms with E-state index in [0.29, 0.717) is 11.3 Å². The molecule has 0 aliphatic rings. The van der Waals surface area contributed by atoms with Crippen LogP contribution in [0.25, 0.3) is 0 Å². The van der Waals surface area contributed by atoms with E-state index in [1.807, 2.05) is 0 Å². The first-order valence-electron chi connectivity index (χ1n) is 5.40. The predicted molar refractivity (Wildman–Crippen MR) is 71.0 cm³/mol. The molecule has 2 rings (SSSR count). The molecule has 0 bridgehead atoms. The Bertz CT molecular complexity index is 643. The number of halogens is 1. The molecule has 0 aliphatic heterocycles. The summed E-state index contributed by atoms with van der Waals surface area (Å²) in [5.41, 5.74) is 0.256. The van der Waals surface area contributed by atoms with Gasteiger partial charge in [0.2, 0.25) is 5.75 Å². The highest BCUT2D eigenvalue weighted by Gasteiger charge is 2.20. The van der Waals surface area contributed by atoms with Gasteiger partial charge in [-0.15, -0.1) is 0 Å². The maximum Gasteiger partial charge on any atom is 0.313 e. The molecule has 0 spiro atoms. The minimum Gasteiger partial charge on any atom is -0.508 e. The number of phenols is 1. The van der Waals surface area contributed by atoms with Crippen molar-refractivity contribution in [2.45, 2.75) is 6.92 Å². The molecule has 0 unspecified atom stereocenters. The van der Waals surface area contributed by atoms with Gasteiger partial charge >= 0.3 is 5.69 Å². The number of nitro groups is 1. The monoisotopic (exact) mass is 279 g/mol. The lowest BCUT2D eigenvalue weighted by atomic mass is 10.2. The highest BCUT2D eigenvalue weighted by Crippen LogP contribution is 2.39. The summed E-state index contributed by atoms with van der Waals surface area (Å²) in [6.07, 6.45) is 0. The Morgan fingerprint density at radius 3 is 2.63 bits per heavy atom. The van der Waals surface area contributed by atoms with Gasteiger partial charge < -0.3 is 9.84 Å². The number of phenolic OH excluding ortho intramolecular Hbond substituents is 1. The molecule has 19 heavy (non-hydrogen) atoms. The zero-order valence-electron chi connectivity index (χ0n) is 9.96. The average Bonchev–Trinajstić information content (AvgIpc) is 2.36. The van der Waals surface area contributed by atoms with E-state index in [0.717, 1.165) is 0 Å². The Labute approximate surface area is 114 Å². The van der Waals surface area contributed by atoms with Crippen LogP contribution in [-0.2, 0) is 0 Å². The zero-order chi connectivity index (χ0) is 14.0. The summed E-state index contributed by atoms with van der Waals surface area (Å²) >= 11 is 5.92. The lowest BCUT2D eigenvalue weighted by molar-refractivity contribution is -0.385. The van der Waals surface area contributed by atoms with Crippen LogP contribution in [0.4, 0.5) is 5.69 Å². The van der Waals surface area contributed by atoms with Crippen molar-refractivity contribution in [1.29, 1.82) is 0 Å². The fourth-order valence-electron chi connectivity index (χ4n) is 1.57. The SMILES string of the molecule is Cc1c(O)cccc1Oc1c(Cl)cccc1[N+](=O)[O-]. The molecular formula is C13H10ClNO4. The maximum absolute atomic E-state index is 10.9. The van der Waals surface area contributed by atoms with Crippen LogP contribution < -0.4 is 4.74 Å². The van der Waals surface area contributed by atoms with Crippen LogP contribution in [-0.4, -0.2) is 10.0 Å². The van der Waals surface area contributed by atoms with Crippen molar-refractivity contribution in [2.75, 3.05) is 0 Å². The summed E-state index contributed by atoms with van der Waals surface area (Å²) in [4.78, 5) is 10.4. The van der Waals surface area contributed by atoms with Crippen LogP contribution >= 0.6 is 11.6 Å². The average molecular weight is 280 g/mol. The number of hydrogen-bond acceptors (Lipinski definition) is 4. The second kappa shape index (κ2) is 5.16. The molecule has 1 N–H and O–H groups in total. The van der Waals surface area contributed by atoms with Crippen LogP contribution in [0.2, 0.25) is 5.02 Å². The maximum atomic E-state index is 10.9. The third-order valence-corrected chi connectivity index (χ3v) is 2.91. The minimum atomic E-state index is -0.570. The normalized spacial score (nSPS) is 10.2. The number of para-hydroxylation sites is 1. The van der Waals surface area contributed by atoms with E-state index in [-0.39, 0.29) is 22.2 Å². The van der Waals surface area contributed by atoms with Gasteiger partial charge in [0.05, 0.1) is 9.95 Å². The van der Waals surface area contributed by atoms with Crippen molar-refractivity contribution in [1.82, 2.24) is 0 Å². The summed E-state index contributed by atoms with van der Waals surface area (Å²) in [5.74, 6) is 0.325.